The Bertz CT molecular complexity index is 369. The number of hydrogen-bond donors (Lipinski definition) is 0. The summed E-state index contributed by atoms with van der Waals surface area (Å²) in [5, 5.41) is 0. The van der Waals surface area contributed by atoms with Gasteiger partial charge in [0, 0.05) is 6.08 Å². The average Bonchev–Trinajstić information content (AvgIpc) is 2.24. The highest BCUT2D eigenvalue weighted by Gasteiger charge is 2.21. The first-order valence-corrected chi connectivity index (χ1v) is 4.45. The first kappa shape index (κ1) is 12.3. The van der Waals surface area contributed by atoms with Crippen LogP contribution in [0.15, 0.2) is 42.5 Å². The van der Waals surface area contributed by atoms with E-state index in [2.05, 4.69) is 4.74 Å². The molecule has 1 aromatic rings. The lowest BCUT2D eigenvalue weighted by Gasteiger charge is -2.01. The fourth-order valence-corrected chi connectivity index (χ4v) is 0.963. The largest absolute Gasteiger partial charge is 0.458 e. The van der Waals surface area contributed by atoms with Crippen LogP contribution in [0.5, 0.6) is 0 Å². The lowest BCUT2D eigenvalue weighted by Crippen LogP contribution is -2.06. The normalized spacial score (nSPS) is 11.7. The molecule has 16 heavy (non-hydrogen) atoms. The molecule has 1 rings (SSSR count). The third kappa shape index (κ3) is 4.63. The molecule has 0 aliphatic carbocycles. The van der Waals surface area contributed by atoms with Crippen LogP contribution in [-0.2, 0) is 4.74 Å². The Morgan fingerprint density at radius 2 is 1.88 bits per heavy atom. The molecule has 0 fully saturated rings. The van der Waals surface area contributed by atoms with E-state index < -0.39 is 18.8 Å². The summed E-state index contributed by atoms with van der Waals surface area (Å²) in [6, 6.07) is 8.05. The second kappa shape index (κ2) is 5.34. The molecule has 86 valence electrons. The molecule has 0 aliphatic rings. The highest BCUT2D eigenvalue weighted by Crippen LogP contribution is 2.15. The van der Waals surface area contributed by atoms with E-state index in [1.54, 1.807) is 18.2 Å². The molecule has 0 aromatic heterocycles. The fourth-order valence-electron chi connectivity index (χ4n) is 0.963. The van der Waals surface area contributed by atoms with Gasteiger partial charge in [0.15, 0.2) is 0 Å². The molecule has 0 unspecified atom stereocenters. The van der Waals surface area contributed by atoms with Gasteiger partial charge in [0.2, 0.25) is 0 Å². The van der Waals surface area contributed by atoms with Crippen molar-refractivity contribution in [3.05, 3.63) is 48.0 Å². The van der Waals surface area contributed by atoms with Gasteiger partial charge >= 0.3 is 12.1 Å². The summed E-state index contributed by atoms with van der Waals surface area (Å²) in [6.07, 6.45) is -3.59. The first-order chi connectivity index (χ1) is 7.49. The third-order valence-electron chi connectivity index (χ3n) is 1.63. The molecule has 0 N–H and O–H groups in total. The van der Waals surface area contributed by atoms with Gasteiger partial charge in [-0.15, -0.1) is 0 Å². The smallest absolute Gasteiger partial charge is 0.409 e. The number of benzene rings is 1. The number of esters is 1. The van der Waals surface area contributed by atoms with Crippen LogP contribution in [0, 0.1) is 0 Å². The van der Waals surface area contributed by atoms with Gasteiger partial charge in [-0.05, 0) is 18.2 Å². The van der Waals surface area contributed by atoms with Crippen molar-refractivity contribution in [2.75, 3.05) is 6.61 Å². The Labute approximate surface area is 90.3 Å². The summed E-state index contributed by atoms with van der Waals surface area (Å²) in [4.78, 5) is 11.2. The van der Waals surface area contributed by atoms with Crippen LogP contribution in [0.4, 0.5) is 13.2 Å². The van der Waals surface area contributed by atoms with Gasteiger partial charge in [-0.25, -0.2) is 4.79 Å². The number of carbonyl (C=O) groups excluding carboxylic acids is 1. The summed E-state index contributed by atoms with van der Waals surface area (Å²) in [5.74, 6) is -0.646. The second-order valence-electron chi connectivity index (χ2n) is 2.91. The number of halogens is 3. The van der Waals surface area contributed by atoms with Crippen molar-refractivity contribution in [2.24, 2.45) is 0 Å². The van der Waals surface area contributed by atoms with Gasteiger partial charge in [0.25, 0.3) is 0 Å². The van der Waals surface area contributed by atoms with Crippen molar-refractivity contribution in [3.63, 3.8) is 0 Å². The van der Waals surface area contributed by atoms with Crippen LogP contribution >= 0.6 is 0 Å². The summed E-state index contributed by atoms with van der Waals surface area (Å²) < 4.78 is 39.6. The van der Waals surface area contributed by atoms with Crippen molar-refractivity contribution in [3.8, 4) is 0 Å². The van der Waals surface area contributed by atoms with Gasteiger partial charge in [0.05, 0.1) is 5.56 Å². The third-order valence-corrected chi connectivity index (χ3v) is 1.63. The molecule has 0 heterocycles. The van der Waals surface area contributed by atoms with Gasteiger partial charge in [-0.3, -0.25) is 0 Å². The number of hydrogen-bond acceptors (Lipinski definition) is 2. The van der Waals surface area contributed by atoms with Crippen molar-refractivity contribution < 1.29 is 22.7 Å². The number of rotatable bonds is 3. The molecule has 2 nitrogen and oxygen atoms in total. The number of ether oxygens (including phenoxy) is 1. The second-order valence-corrected chi connectivity index (χ2v) is 2.91. The van der Waals surface area contributed by atoms with Crippen molar-refractivity contribution >= 4 is 5.97 Å². The first-order valence-electron chi connectivity index (χ1n) is 4.45. The van der Waals surface area contributed by atoms with Crippen LogP contribution in [0.2, 0.25) is 0 Å². The molecule has 5 heteroatoms. The summed E-state index contributed by atoms with van der Waals surface area (Å²) in [6.45, 7) is -0.396. The topological polar surface area (TPSA) is 26.3 Å². The molecule has 0 spiro atoms. The lowest BCUT2D eigenvalue weighted by atomic mass is 10.2. The average molecular weight is 230 g/mol. The SMILES string of the molecule is O=C(OCC=CC(F)(F)F)c1ccccc1. The molecule has 0 saturated carbocycles. The van der Waals surface area contributed by atoms with Crippen LogP contribution in [0.1, 0.15) is 10.4 Å². The van der Waals surface area contributed by atoms with E-state index in [1.807, 2.05) is 0 Å². The molecule has 0 saturated heterocycles. The van der Waals surface area contributed by atoms with Gasteiger partial charge in [-0.2, -0.15) is 13.2 Å². The van der Waals surface area contributed by atoms with Gasteiger partial charge in [-0.1, -0.05) is 18.2 Å². The van der Waals surface area contributed by atoms with Crippen molar-refractivity contribution in [1.82, 2.24) is 0 Å². The molecule has 1 aromatic carbocycles. The van der Waals surface area contributed by atoms with Crippen LogP contribution in [-0.4, -0.2) is 18.8 Å². The quantitative estimate of drug-likeness (QED) is 0.589. The predicted octanol–water partition coefficient (Wildman–Crippen LogP) is 2.96. The minimum absolute atomic E-state index is 0.0330. The van der Waals surface area contributed by atoms with Crippen LogP contribution in [0.3, 0.4) is 0 Å². The van der Waals surface area contributed by atoms with E-state index in [0.717, 1.165) is 6.08 Å². The monoisotopic (exact) mass is 230 g/mol. The maximum Gasteiger partial charge on any atom is 0.409 e. The molecular weight excluding hydrogens is 221 g/mol. The maximum absolute atomic E-state index is 11.7. The zero-order chi connectivity index (χ0) is 12.0. The summed E-state index contributed by atoms with van der Waals surface area (Å²) in [5.41, 5.74) is 0.308. The standard InChI is InChI=1S/C11H9F3O2/c12-11(13,14)7-4-8-16-10(15)9-5-2-1-3-6-9/h1-7H,8H2. The highest BCUT2D eigenvalue weighted by molar-refractivity contribution is 5.89. The number of carbonyl (C=O) groups is 1. The molecule has 0 aliphatic heterocycles. The van der Waals surface area contributed by atoms with Crippen LogP contribution < -0.4 is 0 Å². The molecule has 0 bridgehead atoms. The molecule has 0 amide bonds. The van der Waals surface area contributed by atoms with E-state index in [4.69, 9.17) is 0 Å². The maximum atomic E-state index is 11.7. The number of allylic oxidation sites excluding steroid dienone is 1. The van der Waals surface area contributed by atoms with E-state index >= 15 is 0 Å². The predicted molar refractivity (Wildman–Crippen MR) is 51.9 cm³/mol. The zero-order valence-electron chi connectivity index (χ0n) is 8.20. The van der Waals surface area contributed by atoms with Crippen molar-refractivity contribution in [2.45, 2.75) is 6.18 Å². The highest BCUT2D eigenvalue weighted by atomic mass is 19.4. The van der Waals surface area contributed by atoms with E-state index in [0.29, 0.717) is 5.56 Å². The van der Waals surface area contributed by atoms with Gasteiger partial charge in [0.1, 0.15) is 6.61 Å². The van der Waals surface area contributed by atoms with Crippen LogP contribution in [0.25, 0.3) is 0 Å². The lowest BCUT2D eigenvalue weighted by molar-refractivity contribution is -0.0802. The fraction of sp³-hybridized carbons (Fsp3) is 0.182. The summed E-state index contributed by atoms with van der Waals surface area (Å²) >= 11 is 0. The van der Waals surface area contributed by atoms with Crippen molar-refractivity contribution in [1.29, 1.82) is 0 Å². The molecule has 0 atom stereocenters. The Morgan fingerprint density at radius 3 is 2.44 bits per heavy atom. The molecule has 0 radical (unpaired) electrons. The number of alkyl halides is 3. The van der Waals surface area contributed by atoms with E-state index in [1.165, 1.54) is 12.1 Å². The van der Waals surface area contributed by atoms with E-state index in [9.17, 15) is 18.0 Å². The Balaban J connectivity index is 2.40. The zero-order valence-corrected chi connectivity index (χ0v) is 8.20. The molecular formula is C11H9F3O2. The van der Waals surface area contributed by atoms with E-state index in [-0.39, 0.29) is 6.08 Å². The Morgan fingerprint density at radius 1 is 1.25 bits per heavy atom. The summed E-state index contributed by atoms with van der Waals surface area (Å²) in [7, 11) is 0. The minimum Gasteiger partial charge on any atom is -0.458 e. The Kier molecular flexibility index (Phi) is 4.10. The minimum atomic E-state index is -4.38. The van der Waals surface area contributed by atoms with Gasteiger partial charge < -0.3 is 4.74 Å². The Hall–Kier alpha value is -1.78.